The fourth-order valence-electron chi connectivity index (χ4n) is 3.08. The number of benzene rings is 2. The lowest BCUT2D eigenvalue weighted by Gasteiger charge is -2.29. The van der Waals surface area contributed by atoms with Gasteiger partial charge in [-0.3, -0.25) is 4.90 Å². The highest BCUT2D eigenvalue weighted by Gasteiger charge is 2.16. The Balaban J connectivity index is 1.60. The van der Waals surface area contributed by atoms with Gasteiger partial charge in [-0.1, -0.05) is 60.2 Å². The summed E-state index contributed by atoms with van der Waals surface area (Å²) in [5.74, 6) is 0. The second-order valence-electron chi connectivity index (χ2n) is 7.01. The minimum Gasteiger partial charge on any atom is -0.379 e. The molecular weight excluding hydrogens is 350 g/mol. The molecule has 1 heterocycles. The quantitative estimate of drug-likeness (QED) is 0.794. The first-order valence-electron chi connectivity index (χ1n) is 9.85. The van der Waals surface area contributed by atoms with Gasteiger partial charge >= 0.3 is 6.03 Å². The van der Waals surface area contributed by atoms with Gasteiger partial charge in [-0.15, -0.1) is 0 Å². The summed E-state index contributed by atoms with van der Waals surface area (Å²) in [5.41, 5.74) is 3.13. The van der Waals surface area contributed by atoms with Crippen molar-refractivity contribution in [2.45, 2.75) is 6.92 Å². The van der Waals surface area contributed by atoms with E-state index in [0.717, 1.165) is 44.1 Å². The van der Waals surface area contributed by atoms with Crippen LogP contribution in [0, 0.1) is 6.92 Å². The molecule has 0 bridgehead atoms. The molecule has 1 saturated heterocycles. The van der Waals surface area contributed by atoms with Crippen molar-refractivity contribution in [1.82, 2.24) is 9.80 Å². The molecule has 2 aromatic rings. The highest BCUT2D eigenvalue weighted by molar-refractivity contribution is 5.89. The van der Waals surface area contributed by atoms with Gasteiger partial charge in [0.05, 0.1) is 13.2 Å². The van der Waals surface area contributed by atoms with Crippen molar-refractivity contribution in [3.05, 3.63) is 71.8 Å². The first-order valence-corrected chi connectivity index (χ1v) is 9.85. The van der Waals surface area contributed by atoms with E-state index in [9.17, 15) is 4.79 Å². The van der Waals surface area contributed by atoms with Gasteiger partial charge in [0.15, 0.2) is 0 Å². The average Bonchev–Trinajstić information content (AvgIpc) is 2.73. The Bertz CT molecular complexity index is 753. The Kier molecular flexibility index (Phi) is 7.64. The van der Waals surface area contributed by atoms with Gasteiger partial charge in [0.1, 0.15) is 0 Å². The molecule has 1 N–H and O–H groups in total. The van der Waals surface area contributed by atoms with E-state index >= 15 is 0 Å². The third-order valence-electron chi connectivity index (χ3n) is 4.82. The molecule has 1 aliphatic rings. The van der Waals surface area contributed by atoms with Gasteiger partial charge < -0.3 is 15.0 Å². The summed E-state index contributed by atoms with van der Waals surface area (Å²) in [7, 11) is 0. The Hall–Kier alpha value is -2.63. The number of ether oxygens (including phenoxy) is 1. The SMILES string of the molecule is Cc1ccc(NC(=O)N(C/C=C/c2ccccc2)CCN2CCOCC2)cc1. The summed E-state index contributed by atoms with van der Waals surface area (Å²) >= 11 is 0. The molecule has 0 spiro atoms. The lowest BCUT2D eigenvalue weighted by Crippen LogP contribution is -2.44. The van der Waals surface area contributed by atoms with E-state index in [-0.39, 0.29) is 6.03 Å². The standard InChI is InChI=1S/C23H29N3O2/c1-20-9-11-22(12-10-20)24-23(27)26(15-14-25-16-18-28-19-17-25)13-5-8-21-6-3-2-4-7-21/h2-12H,13-19H2,1H3,(H,24,27)/b8-5+. The molecule has 5 heteroatoms. The zero-order valence-corrected chi connectivity index (χ0v) is 16.5. The van der Waals surface area contributed by atoms with Crippen LogP contribution in [-0.2, 0) is 4.74 Å². The molecule has 28 heavy (non-hydrogen) atoms. The summed E-state index contributed by atoms with van der Waals surface area (Å²) in [6, 6.07) is 17.9. The van der Waals surface area contributed by atoms with Crippen LogP contribution in [-0.4, -0.2) is 61.8 Å². The summed E-state index contributed by atoms with van der Waals surface area (Å²) < 4.78 is 5.41. The minimum atomic E-state index is -0.0742. The number of anilines is 1. The van der Waals surface area contributed by atoms with Crippen LogP contribution in [0.4, 0.5) is 10.5 Å². The Morgan fingerprint density at radius 1 is 1.11 bits per heavy atom. The number of rotatable bonds is 7. The summed E-state index contributed by atoms with van der Waals surface area (Å²) in [4.78, 5) is 17.1. The van der Waals surface area contributed by atoms with E-state index < -0.39 is 0 Å². The Morgan fingerprint density at radius 2 is 1.82 bits per heavy atom. The Labute approximate surface area is 167 Å². The van der Waals surface area contributed by atoms with E-state index in [1.807, 2.05) is 60.4 Å². The van der Waals surface area contributed by atoms with E-state index in [1.54, 1.807) is 0 Å². The number of urea groups is 1. The number of morpholine rings is 1. The van der Waals surface area contributed by atoms with E-state index in [0.29, 0.717) is 13.1 Å². The predicted molar refractivity (Wildman–Crippen MR) is 115 cm³/mol. The van der Waals surface area contributed by atoms with Crippen LogP contribution in [0.5, 0.6) is 0 Å². The molecule has 148 valence electrons. The van der Waals surface area contributed by atoms with Crippen LogP contribution >= 0.6 is 0 Å². The van der Waals surface area contributed by atoms with Crippen molar-refractivity contribution in [3.8, 4) is 0 Å². The number of carbonyl (C=O) groups is 1. The molecule has 5 nitrogen and oxygen atoms in total. The average molecular weight is 380 g/mol. The predicted octanol–water partition coefficient (Wildman–Crippen LogP) is 3.87. The van der Waals surface area contributed by atoms with Crippen LogP contribution in [0.2, 0.25) is 0 Å². The fourth-order valence-corrected chi connectivity index (χ4v) is 3.08. The van der Waals surface area contributed by atoms with E-state index in [4.69, 9.17) is 4.74 Å². The number of aryl methyl sites for hydroxylation is 1. The van der Waals surface area contributed by atoms with Crippen LogP contribution in [0.3, 0.4) is 0 Å². The molecule has 2 amide bonds. The van der Waals surface area contributed by atoms with Gasteiger partial charge in [0, 0.05) is 38.4 Å². The van der Waals surface area contributed by atoms with Crippen molar-refractivity contribution in [3.63, 3.8) is 0 Å². The highest BCUT2D eigenvalue weighted by atomic mass is 16.5. The lowest BCUT2D eigenvalue weighted by molar-refractivity contribution is 0.0355. The van der Waals surface area contributed by atoms with E-state index in [2.05, 4.69) is 28.4 Å². The first kappa shape index (κ1) is 20.1. The zero-order chi connectivity index (χ0) is 19.6. The zero-order valence-electron chi connectivity index (χ0n) is 16.5. The highest BCUT2D eigenvalue weighted by Crippen LogP contribution is 2.10. The largest absolute Gasteiger partial charge is 0.379 e. The van der Waals surface area contributed by atoms with Gasteiger partial charge in [-0.05, 0) is 24.6 Å². The minimum absolute atomic E-state index is 0.0742. The van der Waals surface area contributed by atoms with Crippen molar-refractivity contribution in [1.29, 1.82) is 0 Å². The molecule has 0 saturated carbocycles. The fraction of sp³-hybridized carbons (Fsp3) is 0.348. The molecule has 0 aromatic heterocycles. The molecule has 2 aromatic carbocycles. The second-order valence-corrected chi connectivity index (χ2v) is 7.01. The Morgan fingerprint density at radius 3 is 2.54 bits per heavy atom. The van der Waals surface area contributed by atoms with Crippen molar-refractivity contribution >= 4 is 17.8 Å². The molecule has 0 aliphatic carbocycles. The molecule has 0 radical (unpaired) electrons. The number of nitrogens with zero attached hydrogens (tertiary/aromatic N) is 2. The topological polar surface area (TPSA) is 44.8 Å². The van der Waals surface area contributed by atoms with Crippen molar-refractivity contribution in [2.75, 3.05) is 51.3 Å². The normalized spacial score (nSPS) is 14.9. The third kappa shape index (κ3) is 6.51. The maximum absolute atomic E-state index is 12.9. The van der Waals surface area contributed by atoms with Crippen molar-refractivity contribution in [2.24, 2.45) is 0 Å². The number of amides is 2. The maximum atomic E-state index is 12.9. The molecule has 1 aliphatic heterocycles. The number of hydrogen-bond donors (Lipinski definition) is 1. The van der Waals surface area contributed by atoms with E-state index in [1.165, 1.54) is 5.56 Å². The summed E-state index contributed by atoms with van der Waals surface area (Å²) in [6.45, 7) is 7.51. The number of carbonyl (C=O) groups excluding carboxylic acids is 1. The van der Waals surface area contributed by atoms with Crippen LogP contribution in [0.1, 0.15) is 11.1 Å². The van der Waals surface area contributed by atoms with Crippen LogP contribution in [0.25, 0.3) is 6.08 Å². The lowest BCUT2D eigenvalue weighted by atomic mass is 10.2. The summed E-state index contributed by atoms with van der Waals surface area (Å²) in [6.07, 6.45) is 4.10. The monoisotopic (exact) mass is 379 g/mol. The maximum Gasteiger partial charge on any atom is 0.322 e. The van der Waals surface area contributed by atoms with Crippen molar-refractivity contribution < 1.29 is 9.53 Å². The van der Waals surface area contributed by atoms with Gasteiger partial charge in [0.25, 0.3) is 0 Å². The summed E-state index contributed by atoms with van der Waals surface area (Å²) in [5, 5.41) is 3.02. The molecule has 0 atom stereocenters. The molecule has 1 fully saturated rings. The third-order valence-corrected chi connectivity index (χ3v) is 4.82. The molecule has 0 unspecified atom stereocenters. The first-order chi connectivity index (χ1) is 13.7. The number of hydrogen-bond acceptors (Lipinski definition) is 3. The van der Waals surface area contributed by atoms with Crippen LogP contribution in [0.15, 0.2) is 60.7 Å². The second kappa shape index (κ2) is 10.6. The molecular formula is C23H29N3O2. The van der Waals surface area contributed by atoms with Gasteiger partial charge in [-0.25, -0.2) is 4.79 Å². The van der Waals surface area contributed by atoms with Gasteiger partial charge in [0.2, 0.25) is 0 Å². The smallest absolute Gasteiger partial charge is 0.322 e. The number of nitrogens with one attached hydrogen (secondary N) is 1. The molecule has 3 rings (SSSR count). The van der Waals surface area contributed by atoms with Gasteiger partial charge in [-0.2, -0.15) is 0 Å². The van der Waals surface area contributed by atoms with Crippen LogP contribution < -0.4 is 5.32 Å².